The van der Waals surface area contributed by atoms with Crippen molar-refractivity contribution in [3.05, 3.63) is 265 Å². The average Bonchev–Trinajstić information content (AvgIpc) is 3.70. The van der Waals surface area contributed by atoms with Crippen LogP contribution in [0, 0.1) is 0 Å². The highest BCUT2D eigenvalue weighted by molar-refractivity contribution is 6.23. The largest absolute Gasteiger partial charge is 0.309 e. The fourth-order valence-electron chi connectivity index (χ4n) is 11.2. The molecule has 2 heteroatoms. The standard InChI is InChI=1S/C68H44N2/c1-3-20-51-40-54(34-28-45(51)14-1)53-22-13-23-55(42-53)67-59-38-36-58(70-65-26-11-7-18-49(65)32-33-50-19-8-12-27-66(50)70)44-62(59)68(56-35-29-46-15-2-4-21-52(46)41-56)60-39-37-57(43-61(60)67)69-63-24-9-5-16-47(63)30-31-48-17-6-10-25-64(48)69/h1-44H. The molecule has 0 atom stereocenters. The summed E-state index contributed by atoms with van der Waals surface area (Å²) < 4.78 is 0. The Morgan fingerprint density at radius 3 is 1.04 bits per heavy atom. The van der Waals surface area contributed by atoms with E-state index >= 15 is 0 Å². The quantitative estimate of drug-likeness (QED) is 0.159. The maximum Gasteiger partial charge on any atom is 0.0534 e. The molecule has 0 radical (unpaired) electrons. The van der Waals surface area contributed by atoms with Gasteiger partial charge in [-0.05, 0) is 165 Å². The van der Waals surface area contributed by atoms with Gasteiger partial charge < -0.3 is 9.80 Å². The van der Waals surface area contributed by atoms with Gasteiger partial charge in [0.2, 0.25) is 0 Å². The summed E-state index contributed by atoms with van der Waals surface area (Å²) in [5, 5.41) is 9.69. The molecule has 0 bridgehead atoms. The van der Waals surface area contributed by atoms with Gasteiger partial charge in [0.1, 0.15) is 0 Å². The summed E-state index contributed by atoms with van der Waals surface area (Å²) in [6, 6.07) is 89.7. The van der Waals surface area contributed by atoms with Crippen LogP contribution in [0.3, 0.4) is 0 Å². The van der Waals surface area contributed by atoms with Crippen LogP contribution in [0.15, 0.2) is 243 Å². The topological polar surface area (TPSA) is 6.48 Å². The van der Waals surface area contributed by atoms with Crippen LogP contribution in [0.1, 0.15) is 22.3 Å². The van der Waals surface area contributed by atoms with Gasteiger partial charge in [-0.3, -0.25) is 0 Å². The summed E-state index contributed by atoms with van der Waals surface area (Å²) in [7, 11) is 0. The number of benzene rings is 12. The number of para-hydroxylation sites is 4. The Morgan fingerprint density at radius 1 is 0.214 bits per heavy atom. The smallest absolute Gasteiger partial charge is 0.0534 e. The number of hydrogen-bond acceptors (Lipinski definition) is 2. The third-order valence-electron chi connectivity index (χ3n) is 14.5. The maximum absolute atomic E-state index is 2.46. The van der Waals surface area contributed by atoms with Gasteiger partial charge in [0.25, 0.3) is 0 Å². The second kappa shape index (κ2) is 16.2. The molecule has 70 heavy (non-hydrogen) atoms. The van der Waals surface area contributed by atoms with Crippen molar-refractivity contribution < 1.29 is 0 Å². The molecule has 0 saturated heterocycles. The van der Waals surface area contributed by atoms with Crippen molar-refractivity contribution in [2.24, 2.45) is 0 Å². The molecule has 2 heterocycles. The number of hydrogen-bond donors (Lipinski definition) is 0. The van der Waals surface area contributed by atoms with E-state index in [1.807, 2.05) is 0 Å². The van der Waals surface area contributed by atoms with Crippen LogP contribution in [0.4, 0.5) is 34.1 Å². The van der Waals surface area contributed by atoms with Crippen molar-refractivity contribution in [2.75, 3.05) is 9.80 Å². The minimum absolute atomic E-state index is 1.11. The predicted molar refractivity (Wildman–Crippen MR) is 300 cm³/mol. The van der Waals surface area contributed by atoms with Gasteiger partial charge in [0.05, 0.1) is 22.7 Å². The third kappa shape index (κ3) is 6.57. The Kier molecular flexibility index (Phi) is 9.25. The second-order valence-corrected chi connectivity index (χ2v) is 18.5. The molecule has 12 aromatic carbocycles. The lowest BCUT2D eigenvalue weighted by Gasteiger charge is -2.29. The van der Waals surface area contributed by atoms with Crippen LogP contribution in [-0.2, 0) is 0 Å². The first-order chi connectivity index (χ1) is 34.7. The maximum atomic E-state index is 2.46. The van der Waals surface area contributed by atoms with Crippen molar-refractivity contribution in [3.63, 3.8) is 0 Å². The fraction of sp³-hybridized carbons (Fsp3) is 0. The van der Waals surface area contributed by atoms with Crippen molar-refractivity contribution in [1.29, 1.82) is 0 Å². The Balaban J connectivity index is 1.09. The van der Waals surface area contributed by atoms with Crippen LogP contribution in [0.2, 0.25) is 0 Å². The monoisotopic (exact) mass is 888 g/mol. The van der Waals surface area contributed by atoms with Gasteiger partial charge in [-0.1, -0.05) is 200 Å². The summed E-state index contributed by atoms with van der Waals surface area (Å²) in [4.78, 5) is 4.90. The fourth-order valence-corrected chi connectivity index (χ4v) is 11.2. The molecule has 0 N–H and O–H groups in total. The Hall–Kier alpha value is -9.24. The van der Waals surface area contributed by atoms with E-state index in [1.54, 1.807) is 0 Å². The van der Waals surface area contributed by atoms with Gasteiger partial charge in [-0.25, -0.2) is 0 Å². The first-order valence-electron chi connectivity index (χ1n) is 24.2. The molecule has 0 spiro atoms. The second-order valence-electron chi connectivity index (χ2n) is 18.5. The Bertz CT molecular complexity index is 4060. The highest BCUT2D eigenvalue weighted by atomic mass is 15.2. The highest BCUT2D eigenvalue weighted by Gasteiger charge is 2.26. The van der Waals surface area contributed by atoms with Crippen molar-refractivity contribution in [1.82, 2.24) is 0 Å². The molecule has 12 aromatic rings. The van der Waals surface area contributed by atoms with E-state index in [2.05, 4.69) is 277 Å². The Labute approximate surface area is 407 Å². The predicted octanol–water partition coefficient (Wildman–Crippen LogP) is 19.2. The van der Waals surface area contributed by atoms with Crippen LogP contribution in [0.5, 0.6) is 0 Å². The van der Waals surface area contributed by atoms with E-state index in [-0.39, 0.29) is 0 Å². The van der Waals surface area contributed by atoms with E-state index in [0.717, 1.165) is 34.1 Å². The molecule has 2 nitrogen and oxygen atoms in total. The molecule has 2 aliphatic rings. The van der Waals surface area contributed by atoms with Gasteiger partial charge in [0.15, 0.2) is 0 Å². The summed E-state index contributed by atoms with van der Waals surface area (Å²) in [5.74, 6) is 0. The molecule has 0 saturated carbocycles. The minimum Gasteiger partial charge on any atom is -0.309 e. The van der Waals surface area contributed by atoms with E-state index in [4.69, 9.17) is 0 Å². The summed E-state index contributed by atoms with van der Waals surface area (Å²) >= 11 is 0. The zero-order chi connectivity index (χ0) is 46.1. The molecule has 0 aromatic heterocycles. The van der Waals surface area contributed by atoms with Crippen LogP contribution in [-0.4, -0.2) is 0 Å². The highest BCUT2D eigenvalue weighted by Crippen LogP contribution is 2.51. The molecule has 14 rings (SSSR count). The Morgan fingerprint density at radius 2 is 0.571 bits per heavy atom. The molecule has 0 fully saturated rings. The van der Waals surface area contributed by atoms with Gasteiger partial charge in [-0.15, -0.1) is 0 Å². The number of nitrogens with zero attached hydrogens (tertiary/aromatic N) is 2. The SMILES string of the molecule is C1=Cc2ccccc2N(c2ccc3c(-c4ccc5ccccc5c4)c4cc(N5c6ccccc6C=Cc6ccccc65)ccc4c(-c4cccc(-c5ccc6ccccc6c5)c4)c3c2)c2ccccc21. The van der Waals surface area contributed by atoms with E-state index < -0.39 is 0 Å². The lowest BCUT2D eigenvalue weighted by molar-refractivity contribution is 1.28. The van der Waals surface area contributed by atoms with E-state index in [1.165, 1.54) is 98.7 Å². The minimum atomic E-state index is 1.11. The lowest BCUT2D eigenvalue weighted by Crippen LogP contribution is -2.12. The lowest BCUT2D eigenvalue weighted by atomic mass is 9.84. The van der Waals surface area contributed by atoms with Gasteiger partial charge >= 0.3 is 0 Å². The molecular formula is C68H44N2. The average molecular weight is 889 g/mol. The van der Waals surface area contributed by atoms with Crippen LogP contribution >= 0.6 is 0 Å². The summed E-state index contributed by atoms with van der Waals surface area (Å²) in [6.07, 6.45) is 9.00. The van der Waals surface area contributed by atoms with Gasteiger partial charge in [-0.2, -0.15) is 0 Å². The first kappa shape index (κ1) is 39.9. The van der Waals surface area contributed by atoms with E-state index in [9.17, 15) is 0 Å². The summed E-state index contributed by atoms with van der Waals surface area (Å²) in [6.45, 7) is 0. The first-order valence-corrected chi connectivity index (χ1v) is 24.2. The van der Waals surface area contributed by atoms with E-state index in [0.29, 0.717) is 0 Å². The molecule has 0 aliphatic carbocycles. The molecule has 0 unspecified atom stereocenters. The molecule has 0 amide bonds. The normalized spacial score (nSPS) is 12.7. The number of rotatable bonds is 5. The third-order valence-corrected chi connectivity index (χ3v) is 14.5. The van der Waals surface area contributed by atoms with Crippen molar-refractivity contribution in [3.8, 4) is 33.4 Å². The molecule has 326 valence electrons. The van der Waals surface area contributed by atoms with Gasteiger partial charge in [0, 0.05) is 11.4 Å². The van der Waals surface area contributed by atoms with Crippen LogP contribution in [0.25, 0.3) is 101 Å². The molecular weight excluding hydrogens is 845 g/mol. The number of anilines is 6. The van der Waals surface area contributed by atoms with Crippen molar-refractivity contribution in [2.45, 2.75) is 0 Å². The van der Waals surface area contributed by atoms with Crippen molar-refractivity contribution >= 4 is 102 Å². The molecule has 2 aliphatic heterocycles. The zero-order valence-electron chi connectivity index (χ0n) is 38.3. The zero-order valence-corrected chi connectivity index (χ0v) is 38.3. The summed E-state index contributed by atoms with van der Waals surface area (Å²) in [5.41, 5.74) is 18.7. The van der Waals surface area contributed by atoms with Crippen LogP contribution < -0.4 is 9.80 Å². The number of fused-ring (bicyclic) bond motifs is 8.